The van der Waals surface area contributed by atoms with Crippen molar-refractivity contribution in [3.63, 3.8) is 0 Å². The number of nitrogens with zero attached hydrogens (tertiary/aromatic N) is 1. The number of para-hydroxylation sites is 1. The molecule has 1 aromatic heterocycles. The fourth-order valence-electron chi connectivity index (χ4n) is 5.52. The number of nitrogens with one attached hydrogen (secondary N) is 3. The van der Waals surface area contributed by atoms with E-state index in [1.807, 2.05) is 31.2 Å². The first kappa shape index (κ1) is 24.4. The summed E-state index contributed by atoms with van der Waals surface area (Å²) in [4.78, 5) is 4.62. The average Bonchev–Trinajstić information content (AvgIpc) is 3.21. The number of aliphatic hydroxyl groups is 3. The molecule has 11 heteroatoms. The van der Waals surface area contributed by atoms with Gasteiger partial charge in [0.1, 0.15) is 16.7 Å². The van der Waals surface area contributed by atoms with E-state index >= 15 is 0 Å². The molecule has 2 aliphatic heterocycles. The monoisotopic (exact) mass is 494 g/mol. The Kier molecular flexibility index (Phi) is 6.70. The van der Waals surface area contributed by atoms with Crippen LogP contribution in [0.25, 0.3) is 10.2 Å². The van der Waals surface area contributed by atoms with E-state index < -0.39 is 42.0 Å². The molecular weight excluding hydrogens is 460 g/mol. The molecule has 1 aliphatic carbocycles. The van der Waals surface area contributed by atoms with Crippen LogP contribution in [0.2, 0.25) is 0 Å². The fraction of sp³-hybridized carbons (Fsp3) is 0.696. The van der Waals surface area contributed by atoms with E-state index in [1.54, 1.807) is 25.4 Å². The second-order valence-electron chi connectivity index (χ2n) is 9.58. The Balaban J connectivity index is 1.34. The number of aliphatic hydroxyl groups excluding tert-OH is 1. The summed E-state index contributed by atoms with van der Waals surface area (Å²) in [5, 5.41) is 44.6. The number of hydrogen-bond donors (Lipinski definition) is 6. The van der Waals surface area contributed by atoms with E-state index in [9.17, 15) is 15.3 Å². The molecule has 3 fully saturated rings. The highest BCUT2D eigenvalue weighted by molar-refractivity contribution is 7.18. The van der Waals surface area contributed by atoms with Crippen molar-refractivity contribution in [2.45, 2.75) is 80.5 Å². The molecule has 0 radical (unpaired) electrons. The Morgan fingerprint density at radius 3 is 2.71 bits per heavy atom. The molecule has 6 N–H and O–H groups in total. The highest BCUT2D eigenvalue weighted by Crippen LogP contribution is 2.46. The Labute approximate surface area is 202 Å². The number of rotatable bonds is 6. The molecule has 3 heterocycles. The van der Waals surface area contributed by atoms with Crippen LogP contribution in [0.1, 0.15) is 24.8 Å². The lowest BCUT2D eigenvalue weighted by Gasteiger charge is -2.59. The maximum Gasteiger partial charge on any atom is 0.249 e. The largest absolute Gasteiger partial charge is 0.390 e. The molecule has 0 bridgehead atoms. The van der Waals surface area contributed by atoms with E-state index in [1.165, 1.54) is 0 Å². The molecule has 1 aromatic carbocycles. The predicted octanol–water partition coefficient (Wildman–Crippen LogP) is -0.335. The van der Waals surface area contributed by atoms with Crippen LogP contribution in [0.5, 0.6) is 0 Å². The molecule has 10 nitrogen and oxygen atoms in total. The summed E-state index contributed by atoms with van der Waals surface area (Å²) in [6.07, 6.45) is -2.72. The number of hydrogen-bond acceptors (Lipinski definition) is 11. The highest BCUT2D eigenvalue weighted by Gasteiger charge is 2.67. The van der Waals surface area contributed by atoms with Crippen molar-refractivity contribution in [3.05, 3.63) is 29.3 Å². The molecule has 1 saturated carbocycles. The van der Waals surface area contributed by atoms with Gasteiger partial charge < -0.3 is 45.5 Å². The van der Waals surface area contributed by atoms with Gasteiger partial charge >= 0.3 is 0 Å². The molecule has 0 amide bonds. The molecule has 1 unspecified atom stereocenters. The summed E-state index contributed by atoms with van der Waals surface area (Å²) >= 11 is 1.59. The van der Waals surface area contributed by atoms with E-state index in [-0.39, 0.29) is 25.1 Å². The summed E-state index contributed by atoms with van der Waals surface area (Å²) in [5.74, 6) is -2.11. The molecule has 0 spiro atoms. The maximum absolute atomic E-state index is 11.7. The first-order chi connectivity index (χ1) is 16.3. The van der Waals surface area contributed by atoms with Crippen LogP contribution in [0.4, 0.5) is 0 Å². The van der Waals surface area contributed by atoms with Crippen molar-refractivity contribution >= 4 is 21.6 Å². The van der Waals surface area contributed by atoms with Crippen LogP contribution in [-0.4, -0.2) is 95.1 Å². The van der Waals surface area contributed by atoms with Gasteiger partial charge in [0.05, 0.1) is 34.6 Å². The van der Waals surface area contributed by atoms with Gasteiger partial charge in [0.15, 0.2) is 0 Å². The lowest BCUT2D eigenvalue weighted by molar-refractivity contribution is -0.477. The number of thiazole rings is 1. The fourth-order valence-corrected chi connectivity index (χ4v) is 6.46. The summed E-state index contributed by atoms with van der Waals surface area (Å²) in [7, 11) is 3.52. The van der Waals surface area contributed by atoms with Gasteiger partial charge in [0, 0.05) is 25.6 Å². The van der Waals surface area contributed by atoms with E-state index in [2.05, 4.69) is 20.9 Å². The van der Waals surface area contributed by atoms with Gasteiger partial charge in [-0.15, -0.1) is 11.3 Å². The Morgan fingerprint density at radius 1 is 1.18 bits per heavy atom. The zero-order valence-corrected chi connectivity index (χ0v) is 20.4. The van der Waals surface area contributed by atoms with Crippen molar-refractivity contribution in [2.75, 3.05) is 20.6 Å². The van der Waals surface area contributed by atoms with Gasteiger partial charge in [-0.2, -0.15) is 0 Å². The normalized spacial score (nSPS) is 42.4. The molecular formula is C23H34N4O6S. The topological polar surface area (TPSA) is 137 Å². The number of aromatic nitrogens is 1. The van der Waals surface area contributed by atoms with E-state index in [4.69, 9.17) is 14.2 Å². The minimum Gasteiger partial charge on any atom is -0.390 e. The number of ether oxygens (including phenoxy) is 3. The first-order valence-corrected chi connectivity index (χ1v) is 12.6. The highest BCUT2D eigenvalue weighted by atomic mass is 32.1. The number of likely N-dealkylation sites (N-methyl/N-ethyl adjacent to an activating group) is 2. The maximum atomic E-state index is 11.7. The summed E-state index contributed by atoms with van der Waals surface area (Å²) < 4.78 is 19.4. The lowest BCUT2D eigenvalue weighted by Crippen LogP contribution is -2.79. The van der Waals surface area contributed by atoms with E-state index in [0.717, 1.165) is 15.2 Å². The van der Waals surface area contributed by atoms with E-state index in [0.29, 0.717) is 13.0 Å². The Morgan fingerprint density at radius 2 is 1.97 bits per heavy atom. The Bertz CT molecular complexity index is 978. The minimum atomic E-state index is -2.11. The van der Waals surface area contributed by atoms with Gasteiger partial charge in [-0.25, -0.2) is 4.98 Å². The lowest BCUT2D eigenvalue weighted by atomic mass is 9.79. The summed E-state index contributed by atoms with van der Waals surface area (Å²) in [6.45, 7) is 2.33. The van der Waals surface area contributed by atoms with Crippen molar-refractivity contribution in [2.24, 2.45) is 0 Å². The molecule has 188 valence electrons. The smallest absolute Gasteiger partial charge is 0.249 e. The van der Waals surface area contributed by atoms with Gasteiger partial charge in [-0.1, -0.05) is 12.1 Å². The third-order valence-electron chi connectivity index (χ3n) is 7.30. The SMILES string of the molecule is CN[C@H]1[C@@H](O)[C@@H](NC)CC2O[C@@H]3O[C@H](C)C[C@@](O)(CNCc4nc5ccccc5s4)[C@]3(O)O[C@@H]21. The molecule has 2 saturated heterocycles. The third kappa shape index (κ3) is 4.07. The number of fused-ring (bicyclic) bond motifs is 3. The molecule has 5 rings (SSSR count). The van der Waals surface area contributed by atoms with Crippen molar-refractivity contribution in [1.29, 1.82) is 0 Å². The van der Waals surface area contributed by atoms with Crippen molar-refractivity contribution in [3.8, 4) is 0 Å². The average molecular weight is 495 g/mol. The molecule has 2 aromatic rings. The predicted molar refractivity (Wildman–Crippen MR) is 126 cm³/mol. The van der Waals surface area contributed by atoms with Crippen LogP contribution in [0.15, 0.2) is 24.3 Å². The van der Waals surface area contributed by atoms with Crippen molar-refractivity contribution in [1.82, 2.24) is 20.9 Å². The molecule has 9 atom stereocenters. The second-order valence-corrected chi connectivity index (χ2v) is 10.7. The second kappa shape index (κ2) is 9.32. The Hall–Kier alpha value is -1.25. The van der Waals surface area contributed by atoms with Crippen LogP contribution in [0, 0.1) is 0 Å². The zero-order valence-electron chi connectivity index (χ0n) is 19.6. The summed E-state index contributed by atoms with van der Waals surface area (Å²) in [5.41, 5.74) is -0.745. The van der Waals surface area contributed by atoms with Gasteiger partial charge in [0.25, 0.3) is 0 Å². The number of benzene rings is 1. The van der Waals surface area contributed by atoms with Crippen molar-refractivity contribution < 1.29 is 29.5 Å². The van der Waals surface area contributed by atoms with Gasteiger partial charge in [0.2, 0.25) is 12.1 Å². The van der Waals surface area contributed by atoms with Crippen LogP contribution < -0.4 is 16.0 Å². The standard InChI is InChI=1S/C23H34N4O6S/c1-12-9-22(29,11-26-10-17-27-13-6-4-5-7-16(13)34-17)23(30)21(31-12)32-15-8-14(24-2)19(28)18(25-3)20(15)33-23/h4-7,12,14-15,18-21,24-26,28-30H,8-11H2,1-3H3/t12-,14+,15?,18+,19+,20+,21+,22-,23-/m1/s1. The summed E-state index contributed by atoms with van der Waals surface area (Å²) in [6, 6.07) is 7.22. The third-order valence-corrected chi connectivity index (χ3v) is 8.34. The van der Waals surface area contributed by atoms with Crippen LogP contribution in [-0.2, 0) is 20.8 Å². The van der Waals surface area contributed by atoms with Gasteiger partial charge in [-0.05, 0) is 39.6 Å². The zero-order chi connectivity index (χ0) is 24.1. The molecule has 34 heavy (non-hydrogen) atoms. The first-order valence-electron chi connectivity index (χ1n) is 11.8. The van der Waals surface area contributed by atoms with Gasteiger partial charge in [-0.3, -0.25) is 0 Å². The quantitative estimate of drug-likeness (QED) is 0.317. The van der Waals surface area contributed by atoms with Crippen LogP contribution >= 0.6 is 11.3 Å². The van der Waals surface area contributed by atoms with Crippen LogP contribution in [0.3, 0.4) is 0 Å². The molecule has 3 aliphatic rings. The minimum absolute atomic E-state index is 0.0519.